The van der Waals surface area contributed by atoms with Crippen molar-refractivity contribution in [3.8, 4) is 0 Å². The van der Waals surface area contributed by atoms with Crippen molar-refractivity contribution in [2.24, 2.45) is 0 Å². The molecular weight excluding hydrogens is 480 g/mol. The molecule has 1 amide bonds. The van der Waals surface area contributed by atoms with Crippen molar-refractivity contribution in [1.29, 1.82) is 0 Å². The Morgan fingerprint density at radius 1 is 1.11 bits per heavy atom. The summed E-state index contributed by atoms with van der Waals surface area (Å²) in [7, 11) is 1.79. The maximum Gasteiger partial charge on any atom is 0.304 e. The minimum atomic E-state index is -0.874. The number of benzene rings is 3. The van der Waals surface area contributed by atoms with Gasteiger partial charge in [-0.1, -0.05) is 41.6 Å². The van der Waals surface area contributed by atoms with Crippen LogP contribution in [0, 0.1) is 13.8 Å². The fourth-order valence-electron chi connectivity index (χ4n) is 5.18. The molecule has 0 aliphatic carbocycles. The van der Waals surface area contributed by atoms with Crippen LogP contribution >= 0.6 is 0 Å². The number of carboxylic acids is 1. The van der Waals surface area contributed by atoms with Gasteiger partial charge in [0.25, 0.3) is 5.91 Å². The van der Waals surface area contributed by atoms with Gasteiger partial charge in [0.15, 0.2) is 0 Å². The van der Waals surface area contributed by atoms with E-state index >= 15 is 0 Å². The predicted molar refractivity (Wildman–Crippen MR) is 144 cm³/mol. The van der Waals surface area contributed by atoms with Crippen LogP contribution in [0.3, 0.4) is 0 Å². The van der Waals surface area contributed by atoms with Crippen LogP contribution in [-0.4, -0.2) is 50.5 Å². The Bertz CT molecular complexity index is 1490. The molecule has 38 heavy (non-hydrogen) atoms. The molecule has 4 aliphatic rings. The number of aromatic nitrogens is 3. The lowest BCUT2D eigenvalue weighted by molar-refractivity contribution is -0.137. The lowest BCUT2D eigenvalue weighted by Gasteiger charge is -2.22. The summed E-state index contributed by atoms with van der Waals surface area (Å²) in [6.07, 6.45) is 0.718. The molecule has 0 fully saturated rings. The molecule has 8 nitrogen and oxygen atoms in total. The van der Waals surface area contributed by atoms with E-state index in [-0.39, 0.29) is 18.2 Å². The summed E-state index contributed by atoms with van der Waals surface area (Å²) < 4.78 is 7.74. The van der Waals surface area contributed by atoms with E-state index in [1.165, 1.54) is 0 Å². The average Bonchev–Trinajstić information content (AvgIpc) is 3.32. The number of carboxylic acid groups (broad SMARTS) is 1. The van der Waals surface area contributed by atoms with E-state index in [0.29, 0.717) is 31.9 Å². The lowest BCUT2D eigenvalue weighted by Crippen LogP contribution is -2.26. The first-order valence-electron chi connectivity index (χ1n) is 12.9. The van der Waals surface area contributed by atoms with Crippen molar-refractivity contribution in [3.05, 3.63) is 93.5 Å². The number of carbonyl (C=O) groups excluding carboxylic acids is 1. The molecule has 5 heterocycles. The molecule has 0 saturated heterocycles. The van der Waals surface area contributed by atoms with E-state index in [0.717, 1.165) is 50.8 Å². The van der Waals surface area contributed by atoms with Crippen molar-refractivity contribution in [2.45, 2.75) is 52.3 Å². The lowest BCUT2D eigenvalue weighted by atomic mass is 9.84. The topological polar surface area (TPSA) is 97.5 Å². The summed E-state index contributed by atoms with van der Waals surface area (Å²) in [4.78, 5) is 26.8. The molecule has 196 valence electrons. The predicted octanol–water partition coefficient (Wildman–Crippen LogP) is 4.85. The Kier molecular flexibility index (Phi) is 7.24. The number of nitrogens with zero attached hydrogens (tertiary/aromatic N) is 4. The van der Waals surface area contributed by atoms with Crippen LogP contribution in [0.1, 0.15) is 62.5 Å². The Balaban J connectivity index is 1.59. The first-order valence-corrected chi connectivity index (χ1v) is 12.9. The average molecular weight is 513 g/mol. The summed E-state index contributed by atoms with van der Waals surface area (Å²) in [5.41, 5.74) is 8.10. The van der Waals surface area contributed by atoms with Crippen molar-refractivity contribution in [1.82, 2.24) is 19.9 Å². The van der Waals surface area contributed by atoms with Crippen LogP contribution < -0.4 is 0 Å². The monoisotopic (exact) mass is 512 g/mol. The third-order valence-corrected chi connectivity index (χ3v) is 7.39. The largest absolute Gasteiger partial charge is 0.481 e. The van der Waals surface area contributed by atoms with Crippen LogP contribution in [0.15, 0.2) is 54.6 Å². The summed E-state index contributed by atoms with van der Waals surface area (Å²) in [5, 5.41) is 18.6. The molecular formula is C30H32N4O4. The Hall–Kier alpha value is -4.04. The van der Waals surface area contributed by atoms with Crippen LogP contribution in [0.5, 0.6) is 0 Å². The van der Waals surface area contributed by atoms with E-state index in [2.05, 4.69) is 10.3 Å². The number of amides is 1. The Morgan fingerprint density at radius 3 is 2.66 bits per heavy atom. The van der Waals surface area contributed by atoms with Crippen molar-refractivity contribution in [2.75, 3.05) is 13.7 Å². The Labute approximate surface area is 221 Å². The van der Waals surface area contributed by atoms with Crippen molar-refractivity contribution in [3.63, 3.8) is 0 Å². The minimum Gasteiger partial charge on any atom is -0.481 e. The second-order valence-corrected chi connectivity index (χ2v) is 10.1. The Morgan fingerprint density at radius 2 is 1.89 bits per heavy atom. The molecule has 8 heteroatoms. The molecule has 0 radical (unpaired) electrons. The van der Waals surface area contributed by atoms with Gasteiger partial charge in [0.1, 0.15) is 5.52 Å². The number of hydrogen-bond donors (Lipinski definition) is 1. The van der Waals surface area contributed by atoms with Crippen molar-refractivity contribution >= 4 is 22.9 Å². The third-order valence-electron chi connectivity index (χ3n) is 7.39. The van der Waals surface area contributed by atoms with Gasteiger partial charge in [-0.3, -0.25) is 9.59 Å². The van der Waals surface area contributed by atoms with E-state index < -0.39 is 5.97 Å². The van der Waals surface area contributed by atoms with Gasteiger partial charge in [-0.25, -0.2) is 4.68 Å². The number of carbonyl (C=O) groups is 2. The van der Waals surface area contributed by atoms with E-state index in [1.54, 1.807) is 11.9 Å². The van der Waals surface area contributed by atoms with Gasteiger partial charge < -0.3 is 14.7 Å². The normalized spacial score (nSPS) is 16.8. The first-order chi connectivity index (χ1) is 18.3. The number of rotatable bonds is 2. The molecule has 0 spiro atoms. The molecule has 3 aromatic carbocycles. The van der Waals surface area contributed by atoms with Gasteiger partial charge >= 0.3 is 5.97 Å². The van der Waals surface area contributed by atoms with E-state index in [1.807, 2.05) is 73.1 Å². The fourth-order valence-corrected chi connectivity index (χ4v) is 5.18. The molecule has 4 aliphatic heterocycles. The standard InChI is InChI=1S/C30H32N4O4/c1-19-5-8-23-15-24(19)17-33(3)30(37)22-9-6-21(7-10-22)18-38-14-4-13-34-27-12-11-25(26(23)16-28(35)36)20(2)29(27)31-32-34/h5-12,15,26H,4,13-14,16-18H2,1-3H3,(H,35,36). The van der Waals surface area contributed by atoms with Gasteiger partial charge in [-0.05, 0) is 71.8 Å². The van der Waals surface area contributed by atoms with Gasteiger partial charge in [0.05, 0.1) is 18.5 Å². The summed E-state index contributed by atoms with van der Waals surface area (Å²) in [6, 6.07) is 17.5. The highest BCUT2D eigenvalue weighted by Crippen LogP contribution is 2.34. The molecule has 8 rings (SSSR count). The molecule has 4 aromatic rings. The molecule has 1 unspecified atom stereocenters. The van der Waals surface area contributed by atoms with Gasteiger partial charge in [0.2, 0.25) is 0 Å². The molecule has 1 aromatic heterocycles. The van der Waals surface area contributed by atoms with Crippen molar-refractivity contribution < 1.29 is 19.4 Å². The maximum absolute atomic E-state index is 13.2. The number of aryl methyl sites for hydroxylation is 3. The number of ether oxygens (including phenoxy) is 1. The second kappa shape index (κ2) is 10.8. The van der Waals surface area contributed by atoms with Gasteiger partial charge in [-0.15, -0.1) is 5.10 Å². The third kappa shape index (κ3) is 5.17. The highest BCUT2D eigenvalue weighted by molar-refractivity contribution is 5.94. The minimum absolute atomic E-state index is 0.0541. The molecule has 0 saturated carbocycles. The zero-order chi connectivity index (χ0) is 26.8. The molecule has 1 atom stereocenters. The SMILES string of the molecule is Cc1ccc2cc1CN(C)C(=O)c1ccc(cc1)COCCCn1nnc3c(C)c(ccc31)C2CC(=O)O. The van der Waals surface area contributed by atoms with Crippen LogP contribution in [0.4, 0.5) is 0 Å². The second-order valence-electron chi connectivity index (χ2n) is 10.1. The maximum atomic E-state index is 13.2. The van der Waals surface area contributed by atoms with Crippen LogP contribution in [0.25, 0.3) is 11.0 Å². The summed E-state index contributed by atoms with van der Waals surface area (Å²) in [5.74, 6) is -1.31. The van der Waals surface area contributed by atoms with Gasteiger partial charge in [0, 0.05) is 38.2 Å². The summed E-state index contributed by atoms with van der Waals surface area (Å²) in [6.45, 7) is 6.11. The molecule has 1 N–H and O–H groups in total. The van der Waals surface area contributed by atoms with Crippen LogP contribution in [0.2, 0.25) is 0 Å². The highest BCUT2D eigenvalue weighted by Gasteiger charge is 2.23. The fraction of sp³-hybridized carbons (Fsp3) is 0.333. The highest BCUT2D eigenvalue weighted by atomic mass is 16.5. The number of aliphatic carboxylic acids is 1. The quantitative estimate of drug-likeness (QED) is 0.413. The van der Waals surface area contributed by atoms with E-state index in [9.17, 15) is 14.7 Å². The smallest absolute Gasteiger partial charge is 0.304 e. The van der Waals surface area contributed by atoms with E-state index in [4.69, 9.17) is 4.74 Å². The number of hydrogen-bond acceptors (Lipinski definition) is 5. The van der Waals surface area contributed by atoms with Crippen LogP contribution in [-0.2, 0) is 29.2 Å². The van der Waals surface area contributed by atoms with Gasteiger partial charge in [-0.2, -0.15) is 0 Å². The zero-order valence-corrected chi connectivity index (χ0v) is 22.0. The summed E-state index contributed by atoms with van der Waals surface area (Å²) >= 11 is 0. The first kappa shape index (κ1) is 25.6. The molecule has 8 bridgehead atoms. The zero-order valence-electron chi connectivity index (χ0n) is 22.0.